The lowest BCUT2D eigenvalue weighted by molar-refractivity contribution is -0.118. The topological polar surface area (TPSA) is 33.2 Å². The molecule has 152 valence electrons. The molecule has 0 saturated heterocycles. The summed E-state index contributed by atoms with van der Waals surface area (Å²) in [6.45, 7) is 4.72. The summed E-state index contributed by atoms with van der Waals surface area (Å²) < 4.78 is 1.11. The Morgan fingerprint density at radius 2 is 1.67 bits per heavy atom. The molecule has 0 aliphatic rings. The number of thiazole rings is 1. The third kappa shape index (κ3) is 4.58. The van der Waals surface area contributed by atoms with Crippen molar-refractivity contribution in [1.29, 1.82) is 0 Å². The van der Waals surface area contributed by atoms with Crippen LogP contribution in [0.4, 0.5) is 5.13 Å². The zero-order valence-corrected chi connectivity index (χ0v) is 19.0. The molecule has 0 atom stereocenters. The highest BCUT2D eigenvalue weighted by Crippen LogP contribution is 2.32. The maximum atomic E-state index is 13.4. The molecule has 1 amide bonds. The fourth-order valence-corrected chi connectivity index (χ4v) is 4.80. The predicted molar refractivity (Wildman–Crippen MR) is 129 cm³/mol. The van der Waals surface area contributed by atoms with E-state index in [1.54, 1.807) is 23.1 Å². The lowest BCUT2D eigenvalue weighted by Crippen LogP contribution is -2.31. The lowest BCUT2D eigenvalue weighted by Gasteiger charge is -2.20. The number of amides is 1. The molecule has 4 rings (SSSR count). The van der Waals surface area contributed by atoms with Crippen molar-refractivity contribution in [2.75, 3.05) is 11.2 Å². The van der Waals surface area contributed by atoms with E-state index in [9.17, 15) is 4.79 Å². The quantitative estimate of drug-likeness (QED) is 0.330. The summed E-state index contributed by atoms with van der Waals surface area (Å²) in [6, 6.07) is 22.6. The molecule has 0 bridgehead atoms. The standard InChI is InChI=1S/C25H24N2OS2/c1-17-13-22-23(14-18(17)2)30-25(26-22)27(16-20-7-5-4-6-8-20)24(28)15-19-9-11-21(29-3)12-10-19/h4-14H,15-16H2,1-3H3. The van der Waals surface area contributed by atoms with Crippen molar-refractivity contribution < 1.29 is 4.79 Å². The summed E-state index contributed by atoms with van der Waals surface area (Å²) in [4.78, 5) is 21.2. The van der Waals surface area contributed by atoms with Crippen LogP contribution in [-0.2, 0) is 17.8 Å². The van der Waals surface area contributed by atoms with Crippen molar-refractivity contribution in [2.45, 2.75) is 31.7 Å². The first-order chi connectivity index (χ1) is 14.5. The number of carbonyl (C=O) groups excluding carboxylic acids is 1. The molecule has 0 aliphatic carbocycles. The first-order valence-electron chi connectivity index (χ1n) is 9.88. The number of thioether (sulfide) groups is 1. The average Bonchev–Trinajstić information content (AvgIpc) is 3.15. The van der Waals surface area contributed by atoms with Crippen molar-refractivity contribution in [2.24, 2.45) is 0 Å². The Bertz CT molecular complexity index is 1130. The molecule has 4 aromatic rings. The molecule has 0 aliphatic heterocycles. The van der Waals surface area contributed by atoms with Gasteiger partial charge in [0, 0.05) is 4.90 Å². The molecular formula is C25H24N2OS2. The number of rotatable bonds is 6. The maximum absolute atomic E-state index is 13.4. The summed E-state index contributed by atoms with van der Waals surface area (Å²) in [5.74, 6) is 0.0586. The molecule has 3 aromatic carbocycles. The highest BCUT2D eigenvalue weighted by Gasteiger charge is 2.21. The molecule has 0 spiro atoms. The molecule has 0 fully saturated rings. The monoisotopic (exact) mass is 432 g/mol. The zero-order valence-electron chi connectivity index (χ0n) is 17.4. The Morgan fingerprint density at radius 3 is 2.37 bits per heavy atom. The molecule has 1 heterocycles. The van der Waals surface area contributed by atoms with E-state index in [2.05, 4.69) is 56.5 Å². The molecule has 1 aromatic heterocycles. The smallest absolute Gasteiger partial charge is 0.233 e. The average molecular weight is 433 g/mol. The Balaban J connectivity index is 1.67. The molecule has 0 saturated carbocycles. The van der Waals surface area contributed by atoms with Crippen LogP contribution in [-0.4, -0.2) is 17.1 Å². The fourth-order valence-electron chi connectivity index (χ4n) is 3.33. The van der Waals surface area contributed by atoms with Gasteiger partial charge in [0.2, 0.25) is 5.91 Å². The minimum Gasteiger partial charge on any atom is -0.283 e. The van der Waals surface area contributed by atoms with Crippen LogP contribution in [0.3, 0.4) is 0 Å². The molecule has 0 radical (unpaired) electrons. The summed E-state index contributed by atoms with van der Waals surface area (Å²) >= 11 is 3.29. The second kappa shape index (κ2) is 9.02. The van der Waals surface area contributed by atoms with E-state index in [0.717, 1.165) is 26.5 Å². The van der Waals surface area contributed by atoms with Crippen molar-refractivity contribution in [3.05, 3.63) is 89.0 Å². The number of carbonyl (C=O) groups is 1. The van der Waals surface area contributed by atoms with Gasteiger partial charge in [0.25, 0.3) is 0 Å². The van der Waals surface area contributed by atoms with Crippen LogP contribution in [0, 0.1) is 13.8 Å². The minimum absolute atomic E-state index is 0.0586. The Morgan fingerprint density at radius 1 is 0.967 bits per heavy atom. The highest BCUT2D eigenvalue weighted by molar-refractivity contribution is 7.98. The zero-order chi connectivity index (χ0) is 21.1. The van der Waals surface area contributed by atoms with Crippen LogP contribution in [0.2, 0.25) is 0 Å². The summed E-state index contributed by atoms with van der Waals surface area (Å²) in [7, 11) is 0. The number of aryl methyl sites for hydroxylation is 2. The van der Waals surface area contributed by atoms with Gasteiger partial charge in [-0.05, 0) is 66.6 Å². The predicted octanol–water partition coefficient (Wildman–Crippen LogP) is 6.41. The van der Waals surface area contributed by atoms with E-state index in [4.69, 9.17) is 4.98 Å². The van der Waals surface area contributed by atoms with Gasteiger partial charge in [0.05, 0.1) is 23.2 Å². The van der Waals surface area contributed by atoms with Crippen LogP contribution in [0.15, 0.2) is 71.6 Å². The van der Waals surface area contributed by atoms with Crippen LogP contribution in [0.5, 0.6) is 0 Å². The van der Waals surface area contributed by atoms with Gasteiger partial charge < -0.3 is 0 Å². The first-order valence-corrected chi connectivity index (χ1v) is 11.9. The molecule has 5 heteroatoms. The van der Waals surface area contributed by atoms with Crippen LogP contribution >= 0.6 is 23.1 Å². The lowest BCUT2D eigenvalue weighted by atomic mass is 10.1. The second-order valence-electron chi connectivity index (χ2n) is 7.39. The van der Waals surface area contributed by atoms with Gasteiger partial charge in [0.1, 0.15) is 0 Å². The normalized spacial score (nSPS) is 11.0. The van der Waals surface area contributed by atoms with E-state index in [0.29, 0.717) is 13.0 Å². The molecule has 30 heavy (non-hydrogen) atoms. The molecule has 0 N–H and O–H groups in total. The van der Waals surface area contributed by atoms with E-state index in [-0.39, 0.29) is 5.91 Å². The summed E-state index contributed by atoms with van der Waals surface area (Å²) in [5.41, 5.74) is 5.52. The molecule has 0 unspecified atom stereocenters. The van der Waals surface area contributed by atoms with Crippen LogP contribution in [0.25, 0.3) is 10.2 Å². The number of fused-ring (bicyclic) bond motifs is 1. The third-order valence-corrected chi connectivity index (χ3v) is 7.01. The third-order valence-electron chi connectivity index (χ3n) is 5.22. The van der Waals surface area contributed by atoms with Gasteiger partial charge in [-0.2, -0.15) is 0 Å². The van der Waals surface area contributed by atoms with Gasteiger partial charge in [0.15, 0.2) is 5.13 Å². The van der Waals surface area contributed by atoms with Gasteiger partial charge in [-0.15, -0.1) is 11.8 Å². The molecule has 3 nitrogen and oxygen atoms in total. The van der Waals surface area contributed by atoms with Crippen LogP contribution < -0.4 is 4.90 Å². The number of aromatic nitrogens is 1. The Kier molecular flexibility index (Phi) is 6.21. The SMILES string of the molecule is CSc1ccc(CC(=O)N(Cc2ccccc2)c2nc3cc(C)c(C)cc3s2)cc1. The second-order valence-corrected chi connectivity index (χ2v) is 9.28. The number of anilines is 1. The van der Waals surface area contributed by atoms with E-state index in [1.807, 2.05) is 35.2 Å². The number of hydrogen-bond donors (Lipinski definition) is 0. The van der Waals surface area contributed by atoms with Crippen LogP contribution in [0.1, 0.15) is 22.3 Å². The first kappa shape index (κ1) is 20.6. The highest BCUT2D eigenvalue weighted by atomic mass is 32.2. The van der Waals surface area contributed by atoms with Gasteiger partial charge >= 0.3 is 0 Å². The minimum atomic E-state index is 0.0586. The van der Waals surface area contributed by atoms with E-state index >= 15 is 0 Å². The molecular weight excluding hydrogens is 408 g/mol. The van der Waals surface area contributed by atoms with Gasteiger partial charge in [-0.3, -0.25) is 9.69 Å². The van der Waals surface area contributed by atoms with Crippen molar-refractivity contribution >= 4 is 44.4 Å². The van der Waals surface area contributed by atoms with E-state index in [1.165, 1.54) is 16.0 Å². The number of hydrogen-bond acceptors (Lipinski definition) is 4. The fraction of sp³-hybridized carbons (Fsp3) is 0.200. The van der Waals surface area contributed by atoms with Crippen molar-refractivity contribution in [3.8, 4) is 0 Å². The van der Waals surface area contributed by atoms with Crippen molar-refractivity contribution in [1.82, 2.24) is 4.98 Å². The maximum Gasteiger partial charge on any atom is 0.233 e. The summed E-state index contributed by atoms with van der Waals surface area (Å²) in [5, 5.41) is 0.754. The van der Waals surface area contributed by atoms with Gasteiger partial charge in [-0.1, -0.05) is 53.8 Å². The number of benzene rings is 3. The van der Waals surface area contributed by atoms with Crippen molar-refractivity contribution in [3.63, 3.8) is 0 Å². The Hall–Kier alpha value is -2.63. The number of nitrogens with zero attached hydrogens (tertiary/aromatic N) is 2. The van der Waals surface area contributed by atoms with E-state index < -0.39 is 0 Å². The largest absolute Gasteiger partial charge is 0.283 e. The van der Waals surface area contributed by atoms with Gasteiger partial charge in [-0.25, -0.2) is 4.98 Å². The summed E-state index contributed by atoms with van der Waals surface area (Å²) in [6.07, 6.45) is 2.41. The Labute approximate surface area is 185 Å².